The predicted octanol–water partition coefficient (Wildman–Crippen LogP) is 2.81. The highest BCUT2D eigenvalue weighted by Crippen LogP contribution is 2.21. The number of carbonyl (C=O) groups is 1. The number of hydrogen-bond donors (Lipinski definition) is 2. The Kier molecular flexibility index (Phi) is 4.36. The van der Waals surface area contributed by atoms with Crippen LogP contribution in [0.5, 0.6) is 0 Å². The summed E-state index contributed by atoms with van der Waals surface area (Å²) in [6, 6.07) is 2.55. The molecule has 114 valence electrons. The van der Waals surface area contributed by atoms with Crippen molar-refractivity contribution in [1.29, 1.82) is 0 Å². The number of aromatic nitrogens is 2. The number of amides is 1. The van der Waals surface area contributed by atoms with E-state index in [1.54, 1.807) is 6.07 Å². The molecule has 2 aliphatic rings. The molecule has 0 saturated heterocycles. The van der Waals surface area contributed by atoms with Crippen LogP contribution in [0.4, 0.5) is 5.95 Å². The molecule has 0 aliphatic heterocycles. The molecule has 2 fully saturated rings. The molecule has 21 heavy (non-hydrogen) atoms. The highest BCUT2D eigenvalue weighted by molar-refractivity contribution is 5.93. The summed E-state index contributed by atoms with van der Waals surface area (Å²) in [6.07, 6.45) is 9.68. The van der Waals surface area contributed by atoms with Crippen molar-refractivity contribution in [2.45, 2.75) is 70.4 Å². The molecule has 0 unspecified atom stereocenters. The molecule has 2 saturated carbocycles. The minimum Gasteiger partial charge on any atom is -0.351 e. The van der Waals surface area contributed by atoms with E-state index in [1.807, 2.05) is 6.92 Å². The molecule has 0 aromatic carbocycles. The van der Waals surface area contributed by atoms with Gasteiger partial charge in [-0.15, -0.1) is 0 Å². The quantitative estimate of drug-likeness (QED) is 0.836. The number of hydrogen-bond acceptors (Lipinski definition) is 4. The van der Waals surface area contributed by atoms with Gasteiger partial charge in [0.2, 0.25) is 5.95 Å². The van der Waals surface area contributed by atoms with Crippen molar-refractivity contribution in [3.63, 3.8) is 0 Å². The lowest BCUT2D eigenvalue weighted by molar-refractivity contribution is 0.0946. The maximum absolute atomic E-state index is 12.1. The lowest BCUT2D eigenvalue weighted by Gasteiger charge is -2.16. The smallest absolute Gasteiger partial charge is 0.270 e. The second kappa shape index (κ2) is 6.41. The number of rotatable bonds is 4. The molecule has 2 aliphatic carbocycles. The van der Waals surface area contributed by atoms with Crippen LogP contribution in [0.2, 0.25) is 0 Å². The van der Waals surface area contributed by atoms with E-state index in [4.69, 9.17) is 0 Å². The molecule has 0 spiro atoms. The Morgan fingerprint density at radius 1 is 1.05 bits per heavy atom. The van der Waals surface area contributed by atoms with Crippen molar-refractivity contribution in [2.75, 3.05) is 5.32 Å². The Labute approximate surface area is 125 Å². The first kappa shape index (κ1) is 14.3. The maximum atomic E-state index is 12.1. The topological polar surface area (TPSA) is 66.9 Å². The second-order valence-corrected chi connectivity index (χ2v) is 6.30. The van der Waals surface area contributed by atoms with E-state index in [9.17, 15) is 4.79 Å². The molecule has 5 nitrogen and oxygen atoms in total. The molecule has 0 bridgehead atoms. The first-order valence-electron chi connectivity index (χ1n) is 8.14. The zero-order valence-corrected chi connectivity index (χ0v) is 12.7. The van der Waals surface area contributed by atoms with Gasteiger partial charge in [0.25, 0.3) is 5.91 Å². The summed E-state index contributed by atoms with van der Waals surface area (Å²) < 4.78 is 0. The molecule has 1 heterocycles. The van der Waals surface area contributed by atoms with Gasteiger partial charge in [-0.2, -0.15) is 0 Å². The van der Waals surface area contributed by atoms with E-state index in [2.05, 4.69) is 20.6 Å². The normalized spacial score (nSPS) is 19.9. The van der Waals surface area contributed by atoms with Crippen LogP contribution in [0.3, 0.4) is 0 Å². The number of nitrogens with one attached hydrogen (secondary N) is 2. The number of nitrogens with zero attached hydrogens (tertiary/aromatic N) is 2. The summed E-state index contributed by atoms with van der Waals surface area (Å²) in [7, 11) is 0. The van der Waals surface area contributed by atoms with Gasteiger partial charge in [0.15, 0.2) is 0 Å². The highest BCUT2D eigenvalue weighted by Gasteiger charge is 2.25. The van der Waals surface area contributed by atoms with Crippen LogP contribution in [-0.2, 0) is 0 Å². The third-order valence-corrected chi connectivity index (χ3v) is 4.19. The fourth-order valence-corrected chi connectivity index (χ4v) is 2.84. The van der Waals surface area contributed by atoms with Crippen LogP contribution >= 0.6 is 0 Å². The standard InChI is InChI=1S/C16H24N4O/c1-11-10-14(15(21)18-13-8-9-13)20-16(17-11)19-12-6-4-2-3-5-7-12/h10,12-13H,2-9H2,1H3,(H,18,21)(H,17,19,20). The minimum atomic E-state index is -0.0769. The third kappa shape index (κ3) is 4.16. The van der Waals surface area contributed by atoms with Gasteiger partial charge in [0, 0.05) is 17.8 Å². The summed E-state index contributed by atoms with van der Waals surface area (Å²) in [5.74, 6) is 0.523. The number of aryl methyl sites for hydroxylation is 1. The van der Waals surface area contributed by atoms with Gasteiger partial charge < -0.3 is 10.6 Å². The van der Waals surface area contributed by atoms with Gasteiger partial charge in [0.1, 0.15) is 5.69 Å². The van der Waals surface area contributed by atoms with E-state index in [0.717, 1.165) is 18.5 Å². The number of anilines is 1. The van der Waals surface area contributed by atoms with Crippen molar-refractivity contribution >= 4 is 11.9 Å². The Balaban J connectivity index is 1.68. The van der Waals surface area contributed by atoms with Crippen LogP contribution in [0, 0.1) is 6.92 Å². The molecule has 5 heteroatoms. The van der Waals surface area contributed by atoms with Crippen molar-refractivity contribution < 1.29 is 4.79 Å². The first-order valence-corrected chi connectivity index (χ1v) is 8.14. The van der Waals surface area contributed by atoms with E-state index >= 15 is 0 Å². The average molecular weight is 288 g/mol. The summed E-state index contributed by atoms with van der Waals surface area (Å²) >= 11 is 0. The van der Waals surface area contributed by atoms with Crippen molar-refractivity contribution in [1.82, 2.24) is 15.3 Å². The van der Waals surface area contributed by atoms with Crippen LogP contribution < -0.4 is 10.6 Å². The molecule has 1 amide bonds. The lowest BCUT2D eigenvalue weighted by atomic mass is 10.1. The van der Waals surface area contributed by atoms with Crippen LogP contribution in [-0.4, -0.2) is 28.0 Å². The van der Waals surface area contributed by atoms with Crippen LogP contribution in [0.25, 0.3) is 0 Å². The molecule has 2 N–H and O–H groups in total. The predicted molar refractivity (Wildman–Crippen MR) is 82.4 cm³/mol. The van der Waals surface area contributed by atoms with Gasteiger partial charge in [-0.3, -0.25) is 4.79 Å². The zero-order chi connectivity index (χ0) is 14.7. The molecule has 0 radical (unpaired) electrons. The van der Waals surface area contributed by atoms with Crippen LogP contribution in [0.15, 0.2) is 6.07 Å². The van der Waals surface area contributed by atoms with E-state index in [0.29, 0.717) is 23.7 Å². The van der Waals surface area contributed by atoms with E-state index in [1.165, 1.54) is 38.5 Å². The molecule has 1 aromatic heterocycles. The maximum Gasteiger partial charge on any atom is 0.270 e. The van der Waals surface area contributed by atoms with Gasteiger partial charge in [-0.25, -0.2) is 9.97 Å². The molecular formula is C16H24N4O. The molecular weight excluding hydrogens is 264 g/mol. The monoisotopic (exact) mass is 288 g/mol. The van der Waals surface area contributed by atoms with Crippen LogP contribution in [0.1, 0.15) is 67.5 Å². The fourth-order valence-electron chi connectivity index (χ4n) is 2.84. The number of carbonyl (C=O) groups excluding carboxylic acids is 1. The Hall–Kier alpha value is -1.65. The van der Waals surface area contributed by atoms with E-state index < -0.39 is 0 Å². The summed E-state index contributed by atoms with van der Waals surface area (Å²) in [5.41, 5.74) is 1.31. The third-order valence-electron chi connectivity index (χ3n) is 4.19. The summed E-state index contributed by atoms with van der Waals surface area (Å²) in [5, 5.41) is 6.40. The highest BCUT2D eigenvalue weighted by atomic mass is 16.2. The molecule has 0 atom stereocenters. The summed E-state index contributed by atoms with van der Waals surface area (Å²) in [4.78, 5) is 21.0. The van der Waals surface area contributed by atoms with E-state index in [-0.39, 0.29) is 5.91 Å². The zero-order valence-electron chi connectivity index (χ0n) is 12.7. The first-order chi connectivity index (χ1) is 10.2. The Morgan fingerprint density at radius 2 is 1.76 bits per heavy atom. The van der Waals surface area contributed by atoms with Crippen molar-refractivity contribution in [3.8, 4) is 0 Å². The van der Waals surface area contributed by atoms with Gasteiger partial charge >= 0.3 is 0 Å². The molecule has 1 aromatic rings. The molecule has 3 rings (SSSR count). The Morgan fingerprint density at radius 3 is 2.43 bits per heavy atom. The lowest BCUT2D eigenvalue weighted by Crippen LogP contribution is -2.27. The summed E-state index contributed by atoms with van der Waals surface area (Å²) in [6.45, 7) is 1.91. The average Bonchev–Trinajstić information content (AvgIpc) is 3.26. The minimum absolute atomic E-state index is 0.0769. The largest absolute Gasteiger partial charge is 0.351 e. The Bertz CT molecular complexity index is 505. The fraction of sp³-hybridized carbons (Fsp3) is 0.688. The second-order valence-electron chi connectivity index (χ2n) is 6.30. The SMILES string of the molecule is Cc1cc(C(=O)NC2CC2)nc(NC2CCCCCC2)n1. The van der Waals surface area contributed by atoms with Gasteiger partial charge in [-0.1, -0.05) is 25.7 Å². The van der Waals surface area contributed by atoms with Gasteiger partial charge in [0.05, 0.1) is 0 Å². The van der Waals surface area contributed by atoms with Crippen molar-refractivity contribution in [3.05, 3.63) is 17.5 Å². The van der Waals surface area contributed by atoms with Gasteiger partial charge in [-0.05, 0) is 38.7 Å². The van der Waals surface area contributed by atoms with Crippen molar-refractivity contribution in [2.24, 2.45) is 0 Å².